The Morgan fingerprint density at radius 3 is 2.33 bits per heavy atom. The molecule has 122 valence electrons. The lowest BCUT2D eigenvalue weighted by molar-refractivity contribution is 0.415. The summed E-state index contributed by atoms with van der Waals surface area (Å²) in [5, 5.41) is 0. The topological polar surface area (TPSA) is 26.3 Å². The van der Waals surface area contributed by atoms with Gasteiger partial charge < -0.3 is 4.74 Å². The van der Waals surface area contributed by atoms with Gasteiger partial charge in [-0.15, -0.1) is 23.1 Å². The Hall–Kier alpha value is -2.04. The molecule has 0 bridgehead atoms. The first-order chi connectivity index (χ1) is 11.7. The second kappa shape index (κ2) is 7.69. The van der Waals surface area contributed by atoms with Gasteiger partial charge >= 0.3 is 0 Å². The van der Waals surface area contributed by atoms with Crippen LogP contribution in [0.2, 0.25) is 0 Å². The van der Waals surface area contributed by atoms with Crippen molar-refractivity contribution >= 4 is 23.1 Å². The lowest BCUT2D eigenvalue weighted by Crippen LogP contribution is -2.04. The van der Waals surface area contributed by atoms with Crippen LogP contribution in [0.1, 0.15) is 6.92 Å². The molecule has 24 heavy (non-hydrogen) atoms. The molecule has 3 rings (SSSR count). The molecular weight excluding hydrogens is 336 g/mol. The first-order valence-electron chi connectivity index (χ1n) is 7.73. The molecule has 0 amide bonds. The van der Waals surface area contributed by atoms with Gasteiger partial charge in [0.2, 0.25) is 0 Å². The second-order valence-electron chi connectivity index (χ2n) is 5.16. The van der Waals surface area contributed by atoms with Gasteiger partial charge in [-0.1, -0.05) is 49.4 Å². The molecule has 0 aliphatic carbocycles. The molecule has 0 spiro atoms. The van der Waals surface area contributed by atoms with E-state index in [0.717, 1.165) is 37.3 Å². The van der Waals surface area contributed by atoms with Gasteiger partial charge in [0.15, 0.2) is 5.43 Å². The number of methoxy groups -OCH3 is 1. The van der Waals surface area contributed by atoms with Crippen LogP contribution in [0.4, 0.5) is 0 Å². The predicted octanol–water partition coefficient (Wildman–Crippen LogP) is 5.56. The number of ether oxygens (including phenoxy) is 1. The number of hydrogen-bond acceptors (Lipinski definition) is 4. The molecule has 0 saturated heterocycles. The fourth-order valence-corrected chi connectivity index (χ4v) is 4.89. The van der Waals surface area contributed by atoms with Gasteiger partial charge in [-0.25, -0.2) is 0 Å². The van der Waals surface area contributed by atoms with Crippen LogP contribution < -0.4 is 10.2 Å². The average molecular weight is 354 g/mol. The van der Waals surface area contributed by atoms with Crippen molar-refractivity contribution in [2.75, 3.05) is 12.9 Å². The van der Waals surface area contributed by atoms with Crippen molar-refractivity contribution in [3.05, 3.63) is 70.9 Å². The number of rotatable bonds is 5. The van der Waals surface area contributed by atoms with E-state index in [1.54, 1.807) is 36.3 Å². The first-order valence-corrected chi connectivity index (χ1v) is 9.54. The zero-order chi connectivity index (χ0) is 16.9. The van der Waals surface area contributed by atoms with Crippen LogP contribution in [-0.4, -0.2) is 12.9 Å². The fraction of sp³-hybridized carbons (Fsp3) is 0.150. The first kappa shape index (κ1) is 16.8. The van der Waals surface area contributed by atoms with E-state index in [9.17, 15) is 4.79 Å². The van der Waals surface area contributed by atoms with Crippen molar-refractivity contribution < 1.29 is 4.74 Å². The summed E-state index contributed by atoms with van der Waals surface area (Å²) in [5.74, 6) is 1.72. The van der Waals surface area contributed by atoms with Crippen molar-refractivity contribution in [2.45, 2.75) is 11.1 Å². The molecule has 0 atom stereocenters. The van der Waals surface area contributed by atoms with E-state index in [1.807, 2.05) is 54.6 Å². The third-order valence-corrected chi connectivity index (χ3v) is 5.95. The molecule has 1 aromatic heterocycles. The van der Waals surface area contributed by atoms with Crippen LogP contribution in [0.15, 0.2) is 69.7 Å². The smallest absolute Gasteiger partial charge is 0.189 e. The number of benzene rings is 2. The van der Waals surface area contributed by atoms with Gasteiger partial charge in [0.25, 0.3) is 0 Å². The standard InChI is InChI=1S/C20H18O2S2/c1-3-23-20-19(15-9-11-16(22-2)12-10-15)17(21)13-18(24-20)14-7-5-4-6-8-14/h4-13H,3H2,1-2H3. The van der Waals surface area contributed by atoms with Gasteiger partial charge in [0, 0.05) is 10.9 Å². The molecule has 0 radical (unpaired) electrons. The minimum absolute atomic E-state index is 0.0636. The zero-order valence-electron chi connectivity index (χ0n) is 13.6. The van der Waals surface area contributed by atoms with Crippen LogP contribution in [0.3, 0.4) is 0 Å². The average Bonchev–Trinajstić information content (AvgIpc) is 2.63. The van der Waals surface area contributed by atoms with E-state index in [0.29, 0.717) is 0 Å². The molecule has 0 N–H and O–H groups in total. The molecule has 0 fully saturated rings. The minimum atomic E-state index is 0.0636. The maximum Gasteiger partial charge on any atom is 0.189 e. The van der Waals surface area contributed by atoms with Gasteiger partial charge in [-0.3, -0.25) is 4.79 Å². The Kier molecular flexibility index (Phi) is 5.38. The molecule has 1 heterocycles. The summed E-state index contributed by atoms with van der Waals surface area (Å²) in [5.41, 5.74) is 2.87. The quantitative estimate of drug-likeness (QED) is 0.561. The zero-order valence-corrected chi connectivity index (χ0v) is 15.2. The van der Waals surface area contributed by atoms with Crippen molar-refractivity contribution in [3.8, 4) is 27.3 Å². The van der Waals surface area contributed by atoms with Crippen LogP contribution >= 0.6 is 23.1 Å². The molecule has 2 nitrogen and oxygen atoms in total. The highest BCUT2D eigenvalue weighted by molar-refractivity contribution is 8.01. The Bertz CT molecular complexity index is 868. The number of thioether (sulfide) groups is 1. The van der Waals surface area contributed by atoms with Crippen molar-refractivity contribution in [1.29, 1.82) is 0 Å². The number of hydrogen-bond donors (Lipinski definition) is 0. The SMILES string of the molecule is CCSc1sc(-c2ccccc2)cc(=O)c1-c1ccc(OC)cc1. The van der Waals surface area contributed by atoms with E-state index < -0.39 is 0 Å². The van der Waals surface area contributed by atoms with E-state index in [4.69, 9.17) is 4.74 Å². The Morgan fingerprint density at radius 1 is 1.00 bits per heavy atom. The minimum Gasteiger partial charge on any atom is -0.497 e. The predicted molar refractivity (Wildman–Crippen MR) is 104 cm³/mol. The summed E-state index contributed by atoms with van der Waals surface area (Å²) in [6.45, 7) is 2.11. The highest BCUT2D eigenvalue weighted by Gasteiger charge is 2.14. The maximum atomic E-state index is 12.8. The van der Waals surface area contributed by atoms with Crippen LogP contribution in [0, 0.1) is 0 Å². The normalized spacial score (nSPS) is 10.6. The highest BCUT2D eigenvalue weighted by Crippen LogP contribution is 2.37. The largest absolute Gasteiger partial charge is 0.497 e. The fourth-order valence-electron chi connectivity index (χ4n) is 2.47. The van der Waals surface area contributed by atoms with E-state index in [-0.39, 0.29) is 5.43 Å². The van der Waals surface area contributed by atoms with E-state index in [2.05, 4.69) is 6.92 Å². The molecular formula is C20H18O2S2. The second-order valence-corrected chi connectivity index (χ2v) is 7.75. The van der Waals surface area contributed by atoms with Crippen LogP contribution in [0.25, 0.3) is 21.6 Å². The summed E-state index contributed by atoms with van der Waals surface area (Å²) in [6.07, 6.45) is 0. The summed E-state index contributed by atoms with van der Waals surface area (Å²) in [7, 11) is 1.64. The van der Waals surface area contributed by atoms with Gasteiger partial charge in [-0.05, 0) is 29.0 Å². The molecule has 4 heteroatoms. The Morgan fingerprint density at radius 2 is 1.71 bits per heavy atom. The summed E-state index contributed by atoms with van der Waals surface area (Å²) in [6, 6.07) is 19.5. The van der Waals surface area contributed by atoms with E-state index >= 15 is 0 Å². The maximum absolute atomic E-state index is 12.8. The van der Waals surface area contributed by atoms with E-state index in [1.165, 1.54) is 0 Å². The van der Waals surface area contributed by atoms with Crippen molar-refractivity contribution in [3.63, 3.8) is 0 Å². The summed E-state index contributed by atoms with van der Waals surface area (Å²) >= 11 is 3.39. The summed E-state index contributed by atoms with van der Waals surface area (Å²) < 4.78 is 6.27. The molecule has 0 unspecified atom stereocenters. The van der Waals surface area contributed by atoms with Crippen LogP contribution in [-0.2, 0) is 0 Å². The van der Waals surface area contributed by atoms with Crippen molar-refractivity contribution in [1.82, 2.24) is 0 Å². The molecule has 2 aromatic carbocycles. The third-order valence-electron chi connectivity index (χ3n) is 3.63. The molecule has 0 aliphatic heterocycles. The molecule has 3 aromatic rings. The van der Waals surface area contributed by atoms with Crippen LogP contribution in [0.5, 0.6) is 5.75 Å². The summed E-state index contributed by atoms with van der Waals surface area (Å²) in [4.78, 5) is 13.8. The third kappa shape index (κ3) is 3.55. The highest BCUT2D eigenvalue weighted by atomic mass is 32.2. The Balaban J connectivity index is 2.13. The molecule has 0 saturated carbocycles. The van der Waals surface area contributed by atoms with Crippen molar-refractivity contribution in [2.24, 2.45) is 0 Å². The van der Waals surface area contributed by atoms with Gasteiger partial charge in [0.05, 0.1) is 16.9 Å². The van der Waals surface area contributed by atoms with Gasteiger partial charge in [-0.2, -0.15) is 0 Å². The van der Waals surface area contributed by atoms with Gasteiger partial charge in [0.1, 0.15) is 5.75 Å². The molecule has 0 aliphatic rings. The Labute approximate surface area is 150 Å². The monoisotopic (exact) mass is 354 g/mol. The lowest BCUT2D eigenvalue weighted by Gasteiger charge is -2.10. The lowest BCUT2D eigenvalue weighted by atomic mass is 10.1.